The van der Waals surface area contributed by atoms with E-state index in [9.17, 15) is 4.79 Å². The predicted molar refractivity (Wildman–Crippen MR) is 145 cm³/mol. The van der Waals surface area contributed by atoms with E-state index in [1.165, 1.54) is 5.56 Å². The van der Waals surface area contributed by atoms with Crippen molar-refractivity contribution in [2.45, 2.75) is 13.0 Å². The van der Waals surface area contributed by atoms with E-state index in [2.05, 4.69) is 72.3 Å². The summed E-state index contributed by atoms with van der Waals surface area (Å²) in [7, 11) is 2.10. The Labute approximate surface area is 212 Å². The molecule has 36 heavy (non-hydrogen) atoms. The molecule has 0 aliphatic carbocycles. The number of aromatic amines is 1. The molecule has 2 N–H and O–H groups in total. The van der Waals surface area contributed by atoms with Crippen molar-refractivity contribution in [3.05, 3.63) is 72.4 Å². The SMILES string of the molecule is CN(CCCN1CCN(Cc2ccccc2)CC1)c1ccc(-c2nc3c(NC=O)cccc3[nH]2)cn1. The number of piperazine rings is 1. The van der Waals surface area contributed by atoms with E-state index in [1.54, 1.807) is 0 Å². The van der Waals surface area contributed by atoms with Crippen molar-refractivity contribution in [1.82, 2.24) is 24.8 Å². The van der Waals surface area contributed by atoms with Crippen LogP contribution in [0.5, 0.6) is 0 Å². The standard InChI is InChI=1S/C28H33N7O/c1-33(13-6-14-34-15-17-35(18-16-34)20-22-7-3-2-4-8-22)26-12-11-23(19-29-26)28-31-25-10-5-9-24(30-21-36)27(25)32-28/h2-5,7-12,19,21H,6,13-18,20H2,1H3,(H,30,36)(H,31,32). The second kappa shape index (κ2) is 11.3. The molecule has 0 saturated carbocycles. The Balaban J connectivity index is 1.09. The summed E-state index contributed by atoms with van der Waals surface area (Å²) >= 11 is 0. The molecule has 4 aromatic rings. The number of carbonyl (C=O) groups is 1. The molecule has 0 atom stereocenters. The lowest BCUT2D eigenvalue weighted by Crippen LogP contribution is -2.46. The third-order valence-electron chi connectivity index (χ3n) is 6.82. The van der Waals surface area contributed by atoms with E-state index in [0.29, 0.717) is 12.1 Å². The average Bonchev–Trinajstić information content (AvgIpc) is 3.36. The summed E-state index contributed by atoms with van der Waals surface area (Å²) in [6.07, 6.45) is 3.62. The Morgan fingerprint density at radius 3 is 2.56 bits per heavy atom. The molecular formula is C28H33N7O. The molecule has 1 amide bonds. The Kier molecular flexibility index (Phi) is 7.54. The minimum Gasteiger partial charge on any atom is -0.360 e. The molecule has 186 valence electrons. The van der Waals surface area contributed by atoms with E-state index in [0.717, 1.165) is 80.5 Å². The maximum Gasteiger partial charge on any atom is 0.211 e. The fraction of sp³-hybridized carbons (Fsp3) is 0.321. The first-order valence-electron chi connectivity index (χ1n) is 12.5. The number of benzene rings is 2. The summed E-state index contributed by atoms with van der Waals surface area (Å²) in [6, 6.07) is 20.5. The average molecular weight is 484 g/mol. The molecule has 1 fully saturated rings. The number of nitrogens with zero attached hydrogens (tertiary/aromatic N) is 5. The van der Waals surface area contributed by atoms with Gasteiger partial charge in [-0.2, -0.15) is 0 Å². The minimum atomic E-state index is 0.668. The second-order valence-electron chi connectivity index (χ2n) is 9.33. The molecule has 1 aliphatic heterocycles. The molecule has 0 spiro atoms. The lowest BCUT2D eigenvalue weighted by atomic mass is 10.2. The fourth-order valence-corrected chi connectivity index (χ4v) is 4.76. The van der Waals surface area contributed by atoms with Crippen LogP contribution in [0.15, 0.2) is 66.9 Å². The monoisotopic (exact) mass is 483 g/mol. The molecule has 0 radical (unpaired) electrons. The highest BCUT2D eigenvalue weighted by molar-refractivity contribution is 5.94. The highest BCUT2D eigenvalue weighted by atomic mass is 16.1. The van der Waals surface area contributed by atoms with Gasteiger partial charge in [0.25, 0.3) is 0 Å². The molecule has 8 heteroatoms. The number of rotatable bonds is 10. The summed E-state index contributed by atoms with van der Waals surface area (Å²) in [5.41, 5.74) is 4.60. The summed E-state index contributed by atoms with van der Waals surface area (Å²) in [4.78, 5) is 30.8. The van der Waals surface area contributed by atoms with Gasteiger partial charge in [0.05, 0.1) is 11.2 Å². The summed E-state index contributed by atoms with van der Waals surface area (Å²) in [5, 5.41) is 2.70. The van der Waals surface area contributed by atoms with Crippen LogP contribution >= 0.6 is 0 Å². The molecule has 3 heterocycles. The number of hydrogen-bond acceptors (Lipinski definition) is 6. The van der Waals surface area contributed by atoms with Crippen molar-refractivity contribution in [2.24, 2.45) is 0 Å². The van der Waals surface area contributed by atoms with Gasteiger partial charge in [0, 0.05) is 58.1 Å². The molecule has 1 aliphatic rings. The molecule has 5 rings (SSSR count). The highest BCUT2D eigenvalue weighted by Gasteiger charge is 2.17. The van der Waals surface area contributed by atoms with Crippen LogP contribution < -0.4 is 10.2 Å². The van der Waals surface area contributed by atoms with Gasteiger partial charge in [-0.15, -0.1) is 0 Å². The molecular weight excluding hydrogens is 450 g/mol. The van der Waals surface area contributed by atoms with Gasteiger partial charge in [0.1, 0.15) is 17.2 Å². The minimum absolute atomic E-state index is 0.668. The van der Waals surface area contributed by atoms with Gasteiger partial charge in [0.2, 0.25) is 6.41 Å². The smallest absolute Gasteiger partial charge is 0.211 e. The number of H-pyrrole nitrogens is 1. The van der Waals surface area contributed by atoms with Crippen LogP contribution in [-0.2, 0) is 11.3 Å². The van der Waals surface area contributed by atoms with Gasteiger partial charge < -0.3 is 20.1 Å². The van der Waals surface area contributed by atoms with Gasteiger partial charge >= 0.3 is 0 Å². The Bertz CT molecular complexity index is 1260. The number of pyridine rings is 1. The zero-order valence-corrected chi connectivity index (χ0v) is 20.7. The van der Waals surface area contributed by atoms with Crippen molar-refractivity contribution in [3.8, 4) is 11.4 Å². The third kappa shape index (κ3) is 5.72. The summed E-state index contributed by atoms with van der Waals surface area (Å²) < 4.78 is 0. The van der Waals surface area contributed by atoms with Crippen molar-refractivity contribution >= 4 is 28.9 Å². The fourth-order valence-electron chi connectivity index (χ4n) is 4.76. The van der Waals surface area contributed by atoms with E-state index in [4.69, 9.17) is 0 Å². The van der Waals surface area contributed by atoms with Crippen molar-refractivity contribution < 1.29 is 4.79 Å². The van der Waals surface area contributed by atoms with E-state index >= 15 is 0 Å². The first-order chi connectivity index (χ1) is 17.7. The maximum absolute atomic E-state index is 10.9. The van der Waals surface area contributed by atoms with E-state index in [1.807, 2.05) is 36.5 Å². The summed E-state index contributed by atoms with van der Waals surface area (Å²) in [5.74, 6) is 1.68. The number of hydrogen-bond donors (Lipinski definition) is 2. The van der Waals surface area contributed by atoms with Gasteiger partial charge in [0.15, 0.2) is 0 Å². The normalized spacial score (nSPS) is 14.7. The Hall–Kier alpha value is -3.75. The zero-order chi connectivity index (χ0) is 24.7. The van der Waals surface area contributed by atoms with E-state index in [-0.39, 0.29) is 0 Å². The number of amides is 1. The third-order valence-corrected chi connectivity index (χ3v) is 6.82. The van der Waals surface area contributed by atoms with Gasteiger partial charge in [-0.05, 0) is 42.8 Å². The van der Waals surface area contributed by atoms with Crippen LogP contribution in [0.25, 0.3) is 22.4 Å². The Morgan fingerprint density at radius 2 is 1.81 bits per heavy atom. The van der Waals surface area contributed by atoms with Crippen LogP contribution in [0, 0.1) is 0 Å². The Morgan fingerprint density at radius 1 is 1.00 bits per heavy atom. The van der Waals surface area contributed by atoms with Gasteiger partial charge in [-0.1, -0.05) is 36.4 Å². The number of nitrogens with one attached hydrogen (secondary N) is 2. The van der Waals surface area contributed by atoms with Crippen LogP contribution in [0.1, 0.15) is 12.0 Å². The number of anilines is 2. The number of imidazole rings is 1. The van der Waals surface area contributed by atoms with Crippen LogP contribution in [0.3, 0.4) is 0 Å². The number of aromatic nitrogens is 3. The van der Waals surface area contributed by atoms with Crippen LogP contribution in [-0.4, -0.2) is 77.5 Å². The largest absolute Gasteiger partial charge is 0.360 e. The first kappa shape index (κ1) is 24.0. The lowest BCUT2D eigenvalue weighted by molar-refractivity contribution is -0.105. The lowest BCUT2D eigenvalue weighted by Gasteiger charge is -2.35. The van der Waals surface area contributed by atoms with Crippen LogP contribution in [0.4, 0.5) is 11.5 Å². The molecule has 2 aromatic heterocycles. The van der Waals surface area contributed by atoms with Crippen molar-refractivity contribution in [2.75, 3.05) is 56.5 Å². The van der Waals surface area contributed by atoms with Crippen LogP contribution in [0.2, 0.25) is 0 Å². The predicted octanol–water partition coefficient (Wildman–Crippen LogP) is 3.84. The summed E-state index contributed by atoms with van der Waals surface area (Å²) in [6.45, 7) is 7.63. The van der Waals surface area contributed by atoms with Crippen molar-refractivity contribution in [1.29, 1.82) is 0 Å². The number of carbonyl (C=O) groups excluding carboxylic acids is 1. The highest BCUT2D eigenvalue weighted by Crippen LogP contribution is 2.26. The number of fused-ring (bicyclic) bond motifs is 1. The van der Waals surface area contributed by atoms with Gasteiger partial charge in [-0.3, -0.25) is 9.69 Å². The van der Waals surface area contributed by atoms with E-state index < -0.39 is 0 Å². The topological polar surface area (TPSA) is 80.4 Å². The van der Waals surface area contributed by atoms with Crippen molar-refractivity contribution in [3.63, 3.8) is 0 Å². The van der Waals surface area contributed by atoms with Gasteiger partial charge in [-0.25, -0.2) is 9.97 Å². The molecule has 0 unspecified atom stereocenters. The molecule has 8 nitrogen and oxygen atoms in total. The molecule has 2 aromatic carbocycles. The quantitative estimate of drug-likeness (QED) is 0.334. The molecule has 0 bridgehead atoms. The first-order valence-corrected chi connectivity index (χ1v) is 12.5. The second-order valence-corrected chi connectivity index (χ2v) is 9.33. The number of para-hydroxylation sites is 1. The zero-order valence-electron chi connectivity index (χ0n) is 20.7. The maximum atomic E-state index is 10.9. The molecule has 1 saturated heterocycles.